The van der Waals surface area contributed by atoms with Crippen molar-refractivity contribution in [1.82, 2.24) is 9.97 Å². The molecule has 1 saturated carbocycles. The highest BCUT2D eigenvalue weighted by molar-refractivity contribution is 6.28. The molecule has 104 valence electrons. The monoisotopic (exact) mass is 284 g/mol. The predicted octanol–water partition coefficient (Wildman–Crippen LogP) is 2.97. The van der Waals surface area contributed by atoms with Crippen molar-refractivity contribution >= 4 is 23.1 Å². The number of hydrogen-bond donors (Lipinski definition) is 0. The molecule has 1 aliphatic carbocycles. The number of rotatable bonds is 5. The van der Waals surface area contributed by atoms with Gasteiger partial charge < -0.3 is 4.90 Å². The van der Waals surface area contributed by atoms with E-state index in [1.54, 1.807) is 6.92 Å². The molecule has 0 unspecified atom stereocenters. The summed E-state index contributed by atoms with van der Waals surface area (Å²) >= 11 is 5.86. The zero-order valence-corrected chi connectivity index (χ0v) is 12.0. The van der Waals surface area contributed by atoms with E-state index in [4.69, 9.17) is 11.6 Å². The molecular weight excluding hydrogens is 268 g/mol. The van der Waals surface area contributed by atoms with Gasteiger partial charge in [-0.3, -0.25) is 10.1 Å². The smallest absolute Gasteiger partial charge is 0.332 e. The summed E-state index contributed by atoms with van der Waals surface area (Å²) in [6, 6.07) is 0.129. The number of nitro groups is 1. The lowest BCUT2D eigenvalue weighted by atomic mass is 10.2. The van der Waals surface area contributed by atoms with Gasteiger partial charge in [0.05, 0.1) is 4.92 Å². The van der Waals surface area contributed by atoms with Crippen LogP contribution in [0.5, 0.6) is 0 Å². The molecular formula is C12H17ClN4O2. The Morgan fingerprint density at radius 3 is 2.58 bits per heavy atom. The second-order valence-electron chi connectivity index (χ2n) is 5.20. The van der Waals surface area contributed by atoms with E-state index in [0.29, 0.717) is 17.4 Å². The van der Waals surface area contributed by atoms with Gasteiger partial charge in [-0.1, -0.05) is 0 Å². The van der Waals surface area contributed by atoms with Gasteiger partial charge >= 0.3 is 5.69 Å². The van der Waals surface area contributed by atoms with Crippen molar-refractivity contribution in [1.29, 1.82) is 0 Å². The maximum Gasteiger partial charge on any atom is 0.332 e. The third-order valence-corrected chi connectivity index (χ3v) is 3.41. The van der Waals surface area contributed by atoms with Crippen molar-refractivity contribution in [2.75, 3.05) is 11.4 Å². The molecule has 19 heavy (non-hydrogen) atoms. The van der Waals surface area contributed by atoms with Crippen molar-refractivity contribution in [3.63, 3.8) is 0 Å². The van der Waals surface area contributed by atoms with E-state index in [9.17, 15) is 10.1 Å². The van der Waals surface area contributed by atoms with Gasteiger partial charge in [0.15, 0.2) is 0 Å². The van der Waals surface area contributed by atoms with E-state index in [1.807, 2.05) is 18.7 Å². The van der Waals surface area contributed by atoms with E-state index < -0.39 is 4.92 Å². The molecule has 0 aromatic carbocycles. The van der Waals surface area contributed by atoms with Crippen LogP contribution in [0, 0.1) is 23.0 Å². The molecule has 0 bridgehead atoms. The molecule has 1 fully saturated rings. The van der Waals surface area contributed by atoms with Gasteiger partial charge in [0, 0.05) is 12.6 Å². The van der Waals surface area contributed by atoms with Gasteiger partial charge in [-0.15, -0.1) is 0 Å². The number of halogens is 1. The third kappa shape index (κ3) is 3.12. The Bertz CT molecular complexity index is 503. The average Bonchev–Trinajstić information content (AvgIpc) is 3.07. The van der Waals surface area contributed by atoms with Crippen LogP contribution in [0.2, 0.25) is 5.28 Å². The first-order valence-corrected chi connectivity index (χ1v) is 6.73. The Morgan fingerprint density at radius 2 is 2.11 bits per heavy atom. The number of aromatic nitrogens is 2. The summed E-state index contributed by atoms with van der Waals surface area (Å²) in [6.07, 6.45) is 2.35. The Hall–Kier alpha value is -1.43. The molecule has 2 rings (SSSR count). The molecule has 1 aromatic rings. The van der Waals surface area contributed by atoms with Crippen LogP contribution >= 0.6 is 11.6 Å². The molecule has 1 heterocycles. The fourth-order valence-electron chi connectivity index (χ4n) is 2.05. The lowest BCUT2D eigenvalue weighted by molar-refractivity contribution is -0.385. The second kappa shape index (κ2) is 5.28. The number of aryl methyl sites for hydroxylation is 1. The Labute approximate surface area is 117 Å². The van der Waals surface area contributed by atoms with Gasteiger partial charge in [0.25, 0.3) is 0 Å². The molecule has 0 saturated heterocycles. The van der Waals surface area contributed by atoms with Gasteiger partial charge in [-0.05, 0) is 51.1 Å². The molecule has 0 amide bonds. The largest absolute Gasteiger partial charge is 0.348 e. The minimum Gasteiger partial charge on any atom is -0.348 e. The van der Waals surface area contributed by atoms with Gasteiger partial charge in [0.2, 0.25) is 11.1 Å². The van der Waals surface area contributed by atoms with Crippen molar-refractivity contribution in [2.45, 2.75) is 39.7 Å². The number of anilines is 1. The van der Waals surface area contributed by atoms with Crippen molar-refractivity contribution < 1.29 is 4.92 Å². The van der Waals surface area contributed by atoms with E-state index in [1.165, 1.54) is 12.8 Å². The molecule has 1 aromatic heterocycles. The van der Waals surface area contributed by atoms with E-state index in [-0.39, 0.29) is 17.0 Å². The van der Waals surface area contributed by atoms with Crippen LogP contribution < -0.4 is 4.90 Å². The average molecular weight is 285 g/mol. The molecule has 7 heteroatoms. The lowest BCUT2D eigenvalue weighted by Gasteiger charge is -2.27. The standard InChI is InChI=1S/C12H17ClN4O2/c1-7(2)16(6-9-4-5-9)11-10(17(18)19)8(3)14-12(13)15-11/h7,9H,4-6H2,1-3H3. The first-order valence-electron chi connectivity index (χ1n) is 6.35. The summed E-state index contributed by atoms with van der Waals surface area (Å²) in [4.78, 5) is 20.7. The molecule has 0 atom stereocenters. The van der Waals surface area contributed by atoms with Gasteiger partial charge in [-0.2, -0.15) is 4.98 Å². The van der Waals surface area contributed by atoms with Crippen LogP contribution in [0.4, 0.5) is 11.5 Å². The maximum absolute atomic E-state index is 11.2. The zero-order chi connectivity index (χ0) is 14.2. The van der Waals surface area contributed by atoms with Crippen LogP contribution in [-0.2, 0) is 0 Å². The zero-order valence-electron chi connectivity index (χ0n) is 11.3. The van der Waals surface area contributed by atoms with Crippen LogP contribution in [0.15, 0.2) is 0 Å². The molecule has 0 spiro atoms. The summed E-state index contributed by atoms with van der Waals surface area (Å²) in [5.74, 6) is 0.945. The highest BCUT2D eigenvalue weighted by Gasteiger charge is 2.32. The normalized spacial score (nSPS) is 14.8. The summed E-state index contributed by atoms with van der Waals surface area (Å²) < 4.78 is 0. The predicted molar refractivity (Wildman–Crippen MR) is 73.6 cm³/mol. The second-order valence-corrected chi connectivity index (χ2v) is 5.53. The number of hydrogen-bond acceptors (Lipinski definition) is 5. The quantitative estimate of drug-likeness (QED) is 0.472. The fourth-order valence-corrected chi connectivity index (χ4v) is 2.26. The summed E-state index contributed by atoms with van der Waals surface area (Å²) in [5.41, 5.74) is 0.264. The van der Waals surface area contributed by atoms with Crippen LogP contribution in [0.25, 0.3) is 0 Å². The molecule has 0 N–H and O–H groups in total. The summed E-state index contributed by atoms with van der Waals surface area (Å²) in [5, 5.41) is 11.3. The summed E-state index contributed by atoms with van der Waals surface area (Å²) in [6.45, 7) is 6.37. The Balaban J connectivity index is 2.46. The van der Waals surface area contributed by atoms with Crippen LogP contribution in [0.3, 0.4) is 0 Å². The van der Waals surface area contributed by atoms with Gasteiger partial charge in [-0.25, -0.2) is 4.98 Å². The van der Waals surface area contributed by atoms with Crippen molar-refractivity contribution in [3.8, 4) is 0 Å². The van der Waals surface area contributed by atoms with Gasteiger partial charge in [0.1, 0.15) is 5.69 Å². The molecule has 6 nitrogen and oxygen atoms in total. The Morgan fingerprint density at radius 1 is 1.47 bits per heavy atom. The summed E-state index contributed by atoms with van der Waals surface area (Å²) in [7, 11) is 0. The van der Waals surface area contributed by atoms with E-state index in [0.717, 1.165) is 6.54 Å². The maximum atomic E-state index is 11.2. The highest BCUT2D eigenvalue weighted by Crippen LogP contribution is 2.36. The van der Waals surface area contributed by atoms with E-state index >= 15 is 0 Å². The minimum absolute atomic E-state index is 0.0428. The highest BCUT2D eigenvalue weighted by atomic mass is 35.5. The van der Waals surface area contributed by atoms with E-state index in [2.05, 4.69) is 9.97 Å². The first kappa shape index (κ1) is 14.0. The fraction of sp³-hybridized carbons (Fsp3) is 0.667. The van der Waals surface area contributed by atoms with Crippen molar-refractivity contribution in [3.05, 3.63) is 21.1 Å². The SMILES string of the molecule is Cc1nc(Cl)nc(N(CC2CC2)C(C)C)c1[N+](=O)[O-]. The third-order valence-electron chi connectivity index (χ3n) is 3.24. The first-order chi connectivity index (χ1) is 8.90. The Kier molecular flexibility index (Phi) is 3.89. The molecule has 0 radical (unpaired) electrons. The van der Waals surface area contributed by atoms with Crippen LogP contribution in [-0.4, -0.2) is 27.5 Å². The molecule has 0 aliphatic heterocycles. The molecule has 1 aliphatic rings. The number of nitrogens with zero attached hydrogens (tertiary/aromatic N) is 4. The topological polar surface area (TPSA) is 72.2 Å². The lowest BCUT2D eigenvalue weighted by Crippen LogP contribution is -2.34. The van der Waals surface area contributed by atoms with Crippen LogP contribution in [0.1, 0.15) is 32.4 Å². The minimum atomic E-state index is -0.427. The van der Waals surface area contributed by atoms with Crippen molar-refractivity contribution in [2.24, 2.45) is 5.92 Å².